The molecule has 1 aliphatic heterocycles. The Bertz CT molecular complexity index is 561. The molecule has 0 spiro atoms. The normalized spacial score (nSPS) is 39.4. The molecule has 1 aromatic heterocycles. The number of aromatic nitrogens is 1. The summed E-state index contributed by atoms with van der Waals surface area (Å²) in [6.07, 6.45) is 9.81. The zero-order valence-electron chi connectivity index (χ0n) is 13.7. The van der Waals surface area contributed by atoms with Gasteiger partial charge in [-0.15, -0.1) is 0 Å². The molecule has 0 N–H and O–H groups in total. The standard InChI is InChI=1S/C19H25NO3/c1-12-17-16(19(21)23-12)9-14-6-2-3-7-15(14)18(17)22-11-13-5-4-8-20-10-13/h4-5,8,10,12,14-18H,2-3,6-7,9,11H2,1H3/t12?,14?,15?,16?,17?,18-/m1/s1. The quantitative estimate of drug-likeness (QED) is 0.803. The van der Waals surface area contributed by atoms with Gasteiger partial charge in [-0.3, -0.25) is 9.78 Å². The first-order valence-electron chi connectivity index (χ1n) is 8.95. The summed E-state index contributed by atoms with van der Waals surface area (Å²) in [5, 5.41) is 0. The van der Waals surface area contributed by atoms with Gasteiger partial charge in [0.2, 0.25) is 0 Å². The molecule has 3 fully saturated rings. The van der Waals surface area contributed by atoms with Gasteiger partial charge < -0.3 is 9.47 Å². The van der Waals surface area contributed by atoms with E-state index in [4.69, 9.17) is 9.47 Å². The highest BCUT2D eigenvalue weighted by atomic mass is 16.6. The van der Waals surface area contributed by atoms with Crippen LogP contribution in [0.4, 0.5) is 0 Å². The van der Waals surface area contributed by atoms with Crippen LogP contribution in [0.25, 0.3) is 0 Å². The highest BCUT2D eigenvalue weighted by Crippen LogP contribution is 2.51. The van der Waals surface area contributed by atoms with Gasteiger partial charge in [-0.1, -0.05) is 25.3 Å². The number of esters is 1. The van der Waals surface area contributed by atoms with E-state index in [2.05, 4.69) is 4.98 Å². The number of nitrogens with zero attached hydrogens (tertiary/aromatic N) is 1. The molecule has 0 bridgehead atoms. The summed E-state index contributed by atoms with van der Waals surface area (Å²) < 4.78 is 12.0. The molecule has 1 aromatic rings. The van der Waals surface area contributed by atoms with Crippen LogP contribution in [0.5, 0.6) is 0 Å². The molecule has 5 unspecified atom stereocenters. The zero-order chi connectivity index (χ0) is 15.8. The van der Waals surface area contributed by atoms with Crippen molar-refractivity contribution in [3.8, 4) is 0 Å². The number of hydrogen-bond acceptors (Lipinski definition) is 4. The SMILES string of the molecule is CC1OC(=O)C2CC3CCCCC3[C@@H](OCc3cccnc3)C12. The van der Waals surface area contributed by atoms with Crippen molar-refractivity contribution in [3.05, 3.63) is 30.1 Å². The van der Waals surface area contributed by atoms with Crippen molar-refractivity contribution >= 4 is 5.97 Å². The van der Waals surface area contributed by atoms with Gasteiger partial charge in [-0.25, -0.2) is 0 Å². The number of rotatable bonds is 3. The van der Waals surface area contributed by atoms with Crippen LogP contribution < -0.4 is 0 Å². The average Bonchev–Trinajstić information content (AvgIpc) is 2.87. The smallest absolute Gasteiger partial charge is 0.309 e. The van der Waals surface area contributed by atoms with Crippen LogP contribution in [0.15, 0.2) is 24.5 Å². The number of ether oxygens (including phenoxy) is 2. The Morgan fingerprint density at radius 2 is 2.22 bits per heavy atom. The Labute approximate surface area is 137 Å². The number of cyclic esters (lactones) is 1. The average molecular weight is 315 g/mol. The van der Waals surface area contributed by atoms with E-state index in [9.17, 15) is 4.79 Å². The first kappa shape index (κ1) is 15.1. The van der Waals surface area contributed by atoms with Gasteiger partial charge >= 0.3 is 5.97 Å². The molecule has 0 aromatic carbocycles. The maximum atomic E-state index is 12.2. The minimum absolute atomic E-state index is 0.00139. The van der Waals surface area contributed by atoms with Gasteiger partial charge in [0, 0.05) is 18.3 Å². The summed E-state index contributed by atoms with van der Waals surface area (Å²) in [6, 6.07) is 3.99. The summed E-state index contributed by atoms with van der Waals surface area (Å²) in [5.74, 6) is 1.48. The van der Waals surface area contributed by atoms with Crippen molar-refractivity contribution in [2.75, 3.05) is 0 Å². The van der Waals surface area contributed by atoms with Crippen molar-refractivity contribution in [2.24, 2.45) is 23.7 Å². The van der Waals surface area contributed by atoms with Crippen LogP contribution in [-0.4, -0.2) is 23.2 Å². The van der Waals surface area contributed by atoms with Gasteiger partial charge in [0.25, 0.3) is 0 Å². The predicted molar refractivity (Wildman–Crippen MR) is 85.4 cm³/mol. The minimum Gasteiger partial charge on any atom is -0.462 e. The molecule has 0 amide bonds. The highest BCUT2D eigenvalue weighted by Gasteiger charge is 2.55. The van der Waals surface area contributed by atoms with Gasteiger partial charge in [0.15, 0.2) is 0 Å². The Hall–Kier alpha value is -1.42. The van der Waals surface area contributed by atoms with Crippen LogP contribution in [-0.2, 0) is 20.9 Å². The molecule has 3 aliphatic rings. The van der Waals surface area contributed by atoms with E-state index in [0.717, 1.165) is 12.0 Å². The molecule has 0 radical (unpaired) electrons. The third-order valence-corrected chi connectivity index (χ3v) is 6.10. The maximum Gasteiger partial charge on any atom is 0.309 e. The molecule has 2 saturated carbocycles. The zero-order valence-corrected chi connectivity index (χ0v) is 13.7. The second kappa shape index (κ2) is 6.23. The minimum atomic E-state index is -0.0192. The van der Waals surface area contributed by atoms with Gasteiger partial charge in [0.05, 0.1) is 18.6 Å². The first-order valence-corrected chi connectivity index (χ1v) is 8.95. The van der Waals surface area contributed by atoms with E-state index in [1.807, 2.05) is 25.3 Å². The fraction of sp³-hybridized carbons (Fsp3) is 0.684. The molecule has 23 heavy (non-hydrogen) atoms. The third kappa shape index (κ3) is 2.78. The molecular formula is C19H25NO3. The van der Waals surface area contributed by atoms with E-state index in [1.165, 1.54) is 25.7 Å². The topological polar surface area (TPSA) is 48.4 Å². The van der Waals surface area contributed by atoms with Crippen LogP contribution in [0, 0.1) is 23.7 Å². The van der Waals surface area contributed by atoms with Crippen LogP contribution in [0.3, 0.4) is 0 Å². The summed E-state index contributed by atoms with van der Waals surface area (Å²) in [5.41, 5.74) is 1.10. The van der Waals surface area contributed by atoms with E-state index >= 15 is 0 Å². The fourth-order valence-corrected chi connectivity index (χ4v) is 5.07. The molecule has 4 rings (SSSR count). The van der Waals surface area contributed by atoms with Crippen molar-refractivity contribution in [1.82, 2.24) is 4.98 Å². The van der Waals surface area contributed by atoms with E-state index in [0.29, 0.717) is 18.4 Å². The lowest BCUT2D eigenvalue weighted by molar-refractivity contribution is -0.145. The Morgan fingerprint density at radius 1 is 1.35 bits per heavy atom. The molecule has 6 atom stereocenters. The Balaban J connectivity index is 1.56. The van der Waals surface area contributed by atoms with Crippen molar-refractivity contribution < 1.29 is 14.3 Å². The maximum absolute atomic E-state index is 12.2. The fourth-order valence-electron chi connectivity index (χ4n) is 5.07. The number of pyridine rings is 1. The van der Waals surface area contributed by atoms with E-state index < -0.39 is 0 Å². The Morgan fingerprint density at radius 3 is 3.04 bits per heavy atom. The lowest BCUT2D eigenvalue weighted by Crippen LogP contribution is -2.48. The number of carbonyl (C=O) groups is 1. The van der Waals surface area contributed by atoms with E-state index in [1.54, 1.807) is 6.20 Å². The monoisotopic (exact) mass is 315 g/mol. The van der Waals surface area contributed by atoms with Crippen molar-refractivity contribution in [1.29, 1.82) is 0 Å². The number of fused-ring (bicyclic) bond motifs is 2. The number of hydrogen-bond donors (Lipinski definition) is 0. The molecule has 2 aliphatic carbocycles. The van der Waals surface area contributed by atoms with Crippen LogP contribution in [0.2, 0.25) is 0 Å². The molecule has 4 heteroatoms. The lowest BCUT2D eigenvalue weighted by atomic mass is 9.61. The molecule has 1 saturated heterocycles. The summed E-state index contributed by atoms with van der Waals surface area (Å²) >= 11 is 0. The highest BCUT2D eigenvalue weighted by molar-refractivity contribution is 5.75. The van der Waals surface area contributed by atoms with Gasteiger partial charge in [0.1, 0.15) is 6.10 Å². The van der Waals surface area contributed by atoms with Crippen LogP contribution >= 0.6 is 0 Å². The van der Waals surface area contributed by atoms with Gasteiger partial charge in [-0.05, 0) is 43.2 Å². The Kier molecular flexibility index (Phi) is 4.10. The van der Waals surface area contributed by atoms with Gasteiger partial charge in [-0.2, -0.15) is 0 Å². The van der Waals surface area contributed by atoms with Crippen molar-refractivity contribution in [3.63, 3.8) is 0 Å². The largest absolute Gasteiger partial charge is 0.462 e. The second-order valence-corrected chi connectivity index (χ2v) is 7.41. The summed E-state index contributed by atoms with van der Waals surface area (Å²) in [7, 11) is 0. The predicted octanol–water partition coefficient (Wildman–Crippen LogP) is 3.35. The second-order valence-electron chi connectivity index (χ2n) is 7.41. The number of carbonyl (C=O) groups excluding carboxylic acids is 1. The van der Waals surface area contributed by atoms with Crippen molar-refractivity contribution in [2.45, 2.75) is 57.8 Å². The molecule has 124 valence electrons. The van der Waals surface area contributed by atoms with Crippen LogP contribution in [0.1, 0.15) is 44.6 Å². The molecular weight excluding hydrogens is 290 g/mol. The summed E-state index contributed by atoms with van der Waals surface area (Å²) in [4.78, 5) is 16.4. The summed E-state index contributed by atoms with van der Waals surface area (Å²) in [6.45, 7) is 2.61. The molecule has 4 nitrogen and oxygen atoms in total. The first-order chi connectivity index (χ1) is 11.2. The van der Waals surface area contributed by atoms with E-state index in [-0.39, 0.29) is 30.0 Å². The third-order valence-electron chi connectivity index (χ3n) is 6.10. The molecule has 2 heterocycles. The lowest BCUT2D eigenvalue weighted by Gasteiger charge is -2.46.